The van der Waals surface area contributed by atoms with Crippen LogP contribution in [0.2, 0.25) is 5.02 Å². The summed E-state index contributed by atoms with van der Waals surface area (Å²) in [5.41, 5.74) is 0.329. The fraction of sp³-hybridized carbons (Fsp3) is 0.455. The van der Waals surface area contributed by atoms with Gasteiger partial charge in [0.25, 0.3) is 0 Å². The maximum atomic E-state index is 13.5. The molecule has 1 aromatic carbocycles. The van der Waals surface area contributed by atoms with Crippen LogP contribution < -0.4 is 5.32 Å². The van der Waals surface area contributed by atoms with Crippen molar-refractivity contribution < 1.29 is 9.50 Å². The Labute approximate surface area is 94.1 Å². The highest BCUT2D eigenvalue weighted by molar-refractivity contribution is 6.31. The van der Waals surface area contributed by atoms with Gasteiger partial charge >= 0.3 is 0 Å². The number of rotatable bonds is 4. The average Bonchev–Trinajstić information content (AvgIpc) is 2.15. The number of benzene rings is 1. The van der Waals surface area contributed by atoms with E-state index in [1.54, 1.807) is 12.1 Å². The minimum absolute atomic E-state index is 0.151. The smallest absolute Gasteiger partial charge is 0.129 e. The van der Waals surface area contributed by atoms with Gasteiger partial charge in [0.05, 0.1) is 12.6 Å². The molecule has 0 fully saturated rings. The van der Waals surface area contributed by atoms with Gasteiger partial charge in [0.2, 0.25) is 0 Å². The molecule has 1 aromatic rings. The minimum atomic E-state index is -0.460. The van der Waals surface area contributed by atoms with Gasteiger partial charge in [0.1, 0.15) is 5.82 Å². The first-order valence-corrected chi connectivity index (χ1v) is 5.25. The van der Waals surface area contributed by atoms with Crippen molar-refractivity contribution in [2.75, 3.05) is 6.61 Å². The molecule has 2 N–H and O–H groups in total. The lowest BCUT2D eigenvalue weighted by atomic mass is 10.1. The lowest BCUT2D eigenvalue weighted by molar-refractivity contribution is 0.234. The Hall–Kier alpha value is -0.640. The Balaban J connectivity index is 3.00. The van der Waals surface area contributed by atoms with E-state index in [4.69, 9.17) is 11.6 Å². The summed E-state index contributed by atoms with van der Waals surface area (Å²) in [4.78, 5) is 0. The highest BCUT2D eigenvalue weighted by Crippen LogP contribution is 2.25. The molecule has 0 heterocycles. The molecule has 0 aliphatic carbocycles. The fourth-order valence-electron chi connectivity index (χ4n) is 1.47. The highest BCUT2D eigenvalue weighted by Gasteiger charge is 2.18. The number of hydrogen-bond acceptors (Lipinski definition) is 2. The Morgan fingerprint density at radius 1 is 1.47 bits per heavy atom. The van der Waals surface area contributed by atoms with E-state index in [0.717, 1.165) is 0 Å². The largest absolute Gasteiger partial charge is 0.394 e. The third-order valence-corrected chi connectivity index (χ3v) is 2.39. The van der Waals surface area contributed by atoms with Crippen molar-refractivity contribution in [3.05, 3.63) is 34.6 Å². The second kappa shape index (κ2) is 5.45. The maximum Gasteiger partial charge on any atom is 0.129 e. The Bertz CT molecular complexity index is 310. The lowest BCUT2D eigenvalue weighted by Crippen LogP contribution is -2.31. The third-order valence-electron chi connectivity index (χ3n) is 2.07. The summed E-state index contributed by atoms with van der Waals surface area (Å²) in [5, 5.41) is 12.6. The molecule has 0 aliphatic rings. The summed E-state index contributed by atoms with van der Waals surface area (Å²) in [5.74, 6) is -0.394. The van der Waals surface area contributed by atoms with Gasteiger partial charge in [-0.15, -0.1) is 0 Å². The Kier molecular flexibility index (Phi) is 4.51. The van der Waals surface area contributed by atoms with E-state index in [9.17, 15) is 9.50 Å². The molecule has 0 radical (unpaired) electrons. The Morgan fingerprint density at radius 3 is 2.60 bits per heavy atom. The van der Waals surface area contributed by atoms with Crippen LogP contribution in [0, 0.1) is 5.82 Å². The van der Waals surface area contributed by atoms with Crippen molar-refractivity contribution in [2.45, 2.75) is 25.9 Å². The van der Waals surface area contributed by atoms with E-state index in [0.29, 0.717) is 10.6 Å². The SMILES string of the molecule is CC(C)NC(CO)c1c(F)cccc1Cl. The van der Waals surface area contributed by atoms with Crippen LogP contribution in [0.1, 0.15) is 25.5 Å². The molecule has 0 amide bonds. The van der Waals surface area contributed by atoms with Crippen molar-refractivity contribution in [1.82, 2.24) is 5.32 Å². The first kappa shape index (κ1) is 12.4. The standard InChI is InChI=1S/C11H15ClFNO/c1-7(2)14-10(6-15)11-8(12)4-3-5-9(11)13/h3-5,7,10,14-15H,6H2,1-2H3. The molecule has 4 heteroatoms. The van der Waals surface area contributed by atoms with Gasteiger partial charge < -0.3 is 10.4 Å². The van der Waals surface area contributed by atoms with E-state index in [1.165, 1.54) is 6.07 Å². The van der Waals surface area contributed by atoms with Gasteiger partial charge in [-0.1, -0.05) is 31.5 Å². The van der Waals surface area contributed by atoms with Crippen LogP contribution in [0.3, 0.4) is 0 Å². The van der Waals surface area contributed by atoms with E-state index in [1.807, 2.05) is 13.8 Å². The lowest BCUT2D eigenvalue weighted by Gasteiger charge is -2.20. The second-order valence-electron chi connectivity index (χ2n) is 3.69. The quantitative estimate of drug-likeness (QED) is 0.835. The summed E-state index contributed by atoms with van der Waals surface area (Å²) >= 11 is 5.90. The van der Waals surface area contributed by atoms with Gasteiger partial charge in [-0.2, -0.15) is 0 Å². The normalized spacial score (nSPS) is 13.2. The van der Waals surface area contributed by atoms with Gasteiger partial charge in [-0.05, 0) is 12.1 Å². The summed E-state index contributed by atoms with van der Waals surface area (Å²) in [6.45, 7) is 3.67. The van der Waals surface area contributed by atoms with Crippen LogP contribution in [-0.4, -0.2) is 17.8 Å². The van der Waals surface area contributed by atoms with E-state index in [2.05, 4.69) is 5.32 Å². The number of aliphatic hydroxyl groups is 1. The zero-order valence-electron chi connectivity index (χ0n) is 8.80. The number of halogens is 2. The summed E-state index contributed by atoms with van der Waals surface area (Å²) in [7, 11) is 0. The van der Waals surface area contributed by atoms with Gasteiger partial charge in [-0.25, -0.2) is 4.39 Å². The molecule has 1 unspecified atom stereocenters. The number of nitrogens with one attached hydrogen (secondary N) is 1. The predicted octanol–water partition coefficient (Wildman–Crippen LogP) is 2.51. The van der Waals surface area contributed by atoms with Crippen LogP contribution in [0.15, 0.2) is 18.2 Å². The monoisotopic (exact) mass is 231 g/mol. The maximum absolute atomic E-state index is 13.5. The van der Waals surface area contributed by atoms with Crippen LogP contribution in [0.4, 0.5) is 4.39 Å². The van der Waals surface area contributed by atoms with Gasteiger partial charge in [0, 0.05) is 16.6 Å². The summed E-state index contributed by atoms with van der Waals surface area (Å²) in [6.07, 6.45) is 0. The molecule has 0 aliphatic heterocycles. The predicted molar refractivity (Wildman–Crippen MR) is 59.5 cm³/mol. The van der Waals surface area contributed by atoms with Crippen molar-refractivity contribution in [3.63, 3.8) is 0 Å². The zero-order valence-corrected chi connectivity index (χ0v) is 9.55. The van der Waals surface area contributed by atoms with Crippen molar-refractivity contribution in [2.24, 2.45) is 0 Å². The topological polar surface area (TPSA) is 32.3 Å². The van der Waals surface area contributed by atoms with Crippen molar-refractivity contribution in [1.29, 1.82) is 0 Å². The van der Waals surface area contributed by atoms with Crippen molar-refractivity contribution >= 4 is 11.6 Å². The first-order chi connectivity index (χ1) is 7.06. The van der Waals surface area contributed by atoms with Crippen LogP contribution >= 0.6 is 11.6 Å². The molecule has 0 saturated heterocycles. The average molecular weight is 232 g/mol. The molecule has 0 aromatic heterocycles. The molecule has 1 rings (SSSR count). The van der Waals surface area contributed by atoms with Crippen LogP contribution in [0.5, 0.6) is 0 Å². The van der Waals surface area contributed by atoms with Crippen molar-refractivity contribution in [3.8, 4) is 0 Å². The van der Waals surface area contributed by atoms with E-state index >= 15 is 0 Å². The molecule has 1 atom stereocenters. The molecular weight excluding hydrogens is 217 g/mol. The van der Waals surface area contributed by atoms with E-state index in [-0.39, 0.29) is 12.6 Å². The molecule has 15 heavy (non-hydrogen) atoms. The third kappa shape index (κ3) is 3.16. The molecule has 2 nitrogen and oxygen atoms in total. The number of hydrogen-bond donors (Lipinski definition) is 2. The molecule has 0 bridgehead atoms. The molecule has 84 valence electrons. The zero-order chi connectivity index (χ0) is 11.4. The first-order valence-electron chi connectivity index (χ1n) is 4.87. The fourth-order valence-corrected chi connectivity index (χ4v) is 1.77. The highest BCUT2D eigenvalue weighted by atomic mass is 35.5. The van der Waals surface area contributed by atoms with Gasteiger partial charge in [0.15, 0.2) is 0 Å². The van der Waals surface area contributed by atoms with Crippen LogP contribution in [-0.2, 0) is 0 Å². The molecule has 0 spiro atoms. The van der Waals surface area contributed by atoms with Crippen LogP contribution in [0.25, 0.3) is 0 Å². The summed E-state index contributed by atoms with van der Waals surface area (Å²) in [6, 6.07) is 4.19. The number of aliphatic hydroxyl groups excluding tert-OH is 1. The molecule has 0 saturated carbocycles. The summed E-state index contributed by atoms with van der Waals surface area (Å²) < 4.78 is 13.5. The second-order valence-corrected chi connectivity index (χ2v) is 4.10. The minimum Gasteiger partial charge on any atom is -0.394 e. The Morgan fingerprint density at radius 2 is 2.13 bits per heavy atom. The van der Waals surface area contributed by atoms with Gasteiger partial charge in [-0.3, -0.25) is 0 Å². The van der Waals surface area contributed by atoms with E-state index < -0.39 is 11.9 Å². The molecular formula is C11H15ClFNO.